The fourth-order valence-corrected chi connectivity index (χ4v) is 0.652. The van der Waals surface area contributed by atoms with Gasteiger partial charge in [0.1, 0.15) is 5.56 Å². The first-order chi connectivity index (χ1) is 5.11. The van der Waals surface area contributed by atoms with Gasteiger partial charge in [-0.05, 0) is 0 Å². The molecule has 0 aliphatic carbocycles. The SMILES string of the molecule is Cn1cnc(=O)c(C(=O)O)c1. The lowest BCUT2D eigenvalue weighted by Gasteiger charge is -1.95. The first kappa shape index (κ1) is 7.46. The van der Waals surface area contributed by atoms with Gasteiger partial charge in [-0.25, -0.2) is 4.79 Å². The average Bonchev–Trinajstić information content (AvgIpc) is 1.94. The van der Waals surface area contributed by atoms with Gasteiger partial charge in [0.2, 0.25) is 0 Å². The van der Waals surface area contributed by atoms with Crippen LogP contribution in [0.15, 0.2) is 17.3 Å². The highest BCUT2D eigenvalue weighted by Gasteiger charge is 2.07. The van der Waals surface area contributed by atoms with Crippen LogP contribution in [0.25, 0.3) is 0 Å². The molecule has 0 saturated carbocycles. The van der Waals surface area contributed by atoms with Crippen LogP contribution in [0.1, 0.15) is 10.4 Å². The van der Waals surface area contributed by atoms with Crippen LogP contribution in [-0.2, 0) is 7.05 Å². The largest absolute Gasteiger partial charge is 0.477 e. The molecule has 0 aliphatic heterocycles. The van der Waals surface area contributed by atoms with Gasteiger partial charge < -0.3 is 9.67 Å². The second kappa shape index (κ2) is 2.53. The van der Waals surface area contributed by atoms with Gasteiger partial charge in [-0.15, -0.1) is 0 Å². The number of carboxylic acid groups (broad SMARTS) is 1. The minimum atomic E-state index is -1.25. The summed E-state index contributed by atoms with van der Waals surface area (Å²) >= 11 is 0. The molecular weight excluding hydrogens is 148 g/mol. The molecule has 58 valence electrons. The molecule has 0 saturated heterocycles. The van der Waals surface area contributed by atoms with Crippen molar-refractivity contribution in [3.63, 3.8) is 0 Å². The molecule has 0 fully saturated rings. The highest BCUT2D eigenvalue weighted by molar-refractivity contribution is 5.86. The van der Waals surface area contributed by atoms with Crippen LogP contribution in [0, 0.1) is 0 Å². The van der Waals surface area contributed by atoms with Gasteiger partial charge in [-0.2, -0.15) is 4.98 Å². The highest BCUT2D eigenvalue weighted by atomic mass is 16.4. The summed E-state index contributed by atoms with van der Waals surface area (Å²) in [5.74, 6) is -1.25. The van der Waals surface area contributed by atoms with Crippen molar-refractivity contribution in [2.45, 2.75) is 0 Å². The molecule has 1 rings (SSSR count). The standard InChI is InChI=1S/C6H6N2O3/c1-8-2-4(6(10)11)5(9)7-3-8/h2-3H,1H3,(H,10,11). The Morgan fingerprint density at radius 3 is 2.82 bits per heavy atom. The van der Waals surface area contributed by atoms with Crippen LogP contribution < -0.4 is 5.56 Å². The van der Waals surface area contributed by atoms with E-state index in [2.05, 4.69) is 4.98 Å². The smallest absolute Gasteiger partial charge is 0.342 e. The van der Waals surface area contributed by atoms with Gasteiger partial charge in [0.05, 0.1) is 6.33 Å². The molecule has 11 heavy (non-hydrogen) atoms. The number of carboxylic acids is 1. The number of rotatable bonds is 1. The van der Waals surface area contributed by atoms with Crippen molar-refractivity contribution in [2.75, 3.05) is 0 Å². The summed E-state index contributed by atoms with van der Waals surface area (Å²) < 4.78 is 1.41. The Hall–Kier alpha value is -1.65. The summed E-state index contributed by atoms with van der Waals surface area (Å²) in [5, 5.41) is 8.44. The van der Waals surface area contributed by atoms with E-state index in [1.165, 1.54) is 17.1 Å². The summed E-state index contributed by atoms with van der Waals surface area (Å²) in [6.45, 7) is 0. The topological polar surface area (TPSA) is 72.2 Å². The number of nitrogens with zero attached hydrogens (tertiary/aromatic N) is 2. The molecule has 1 aromatic heterocycles. The number of aromatic nitrogens is 2. The van der Waals surface area contributed by atoms with E-state index >= 15 is 0 Å². The quantitative estimate of drug-likeness (QED) is 0.590. The Balaban J connectivity index is 3.35. The second-order valence-electron chi connectivity index (χ2n) is 2.06. The lowest BCUT2D eigenvalue weighted by Crippen LogP contribution is -2.19. The maximum atomic E-state index is 10.7. The molecule has 0 atom stereocenters. The van der Waals surface area contributed by atoms with Crippen molar-refractivity contribution >= 4 is 5.97 Å². The molecule has 0 radical (unpaired) electrons. The number of aryl methyl sites for hydroxylation is 1. The lowest BCUT2D eigenvalue weighted by atomic mass is 10.3. The minimum Gasteiger partial charge on any atom is -0.477 e. The fourth-order valence-electron chi connectivity index (χ4n) is 0.652. The Bertz CT molecular complexity index is 342. The molecule has 0 spiro atoms. The minimum absolute atomic E-state index is 0.310. The van der Waals surface area contributed by atoms with E-state index in [4.69, 9.17) is 5.11 Å². The van der Waals surface area contributed by atoms with Crippen molar-refractivity contribution in [1.29, 1.82) is 0 Å². The van der Waals surface area contributed by atoms with Crippen LogP contribution >= 0.6 is 0 Å². The summed E-state index contributed by atoms with van der Waals surface area (Å²) in [6.07, 6.45) is 2.48. The molecule has 5 nitrogen and oxygen atoms in total. The van der Waals surface area contributed by atoms with Gasteiger partial charge in [0.25, 0.3) is 5.56 Å². The van der Waals surface area contributed by atoms with E-state index in [0.717, 1.165) is 0 Å². The zero-order chi connectivity index (χ0) is 8.43. The summed E-state index contributed by atoms with van der Waals surface area (Å²) in [7, 11) is 1.60. The van der Waals surface area contributed by atoms with Crippen molar-refractivity contribution in [1.82, 2.24) is 9.55 Å². The Morgan fingerprint density at radius 1 is 1.73 bits per heavy atom. The number of carbonyl (C=O) groups is 1. The molecule has 0 aromatic carbocycles. The molecule has 5 heteroatoms. The normalized spacial score (nSPS) is 9.55. The maximum Gasteiger partial charge on any atom is 0.342 e. The van der Waals surface area contributed by atoms with Gasteiger partial charge in [0.15, 0.2) is 0 Å². The lowest BCUT2D eigenvalue weighted by molar-refractivity contribution is 0.0694. The molecule has 1 heterocycles. The Morgan fingerprint density at radius 2 is 2.36 bits per heavy atom. The zero-order valence-corrected chi connectivity index (χ0v) is 5.81. The molecule has 0 bridgehead atoms. The molecular formula is C6H6N2O3. The molecule has 1 N–H and O–H groups in total. The first-order valence-electron chi connectivity index (χ1n) is 2.87. The van der Waals surface area contributed by atoms with E-state index in [1.54, 1.807) is 7.05 Å². The first-order valence-corrected chi connectivity index (χ1v) is 2.87. The fraction of sp³-hybridized carbons (Fsp3) is 0.167. The Labute approximate surface area is 61.9 Å². The van der Waals surface area contributed by atoms with Crippen LogP contribution in [0.4, 0.5) is 0 Å². The monoisotopic (exact) mass is 154 g/mol. The van der Waals surface area contributed by atoms with E-state index in [0.29, 0.717) is 0 Å². The number of hydrogen-bond acceptors (Lipinski definition) is 3. The third kappa shape index (κ3) is 1.43. The molecule has 0 aliphatic rings. The van der Waals surface area contributed by atoms with Crippen LogP contribution in [-0.4, -0.2) is 20.6 Å². The van der Waals surface area contributed by atoms with Crippen molar-refractivity contribution in [2.24, 2.45) is 7.05 Å². The molecule has 1 aromatic rings. The summed E-state index contributed by atoms with van der Waals surface area (Å²) in [6, 6.07) is 0. The van der Waals surface area contributed by atoms with Crippen molar-refractivity contribution < 1.29 is 9.90 Å². The summed E-state index contributed by atoms with van der Waals surface area (Å²) in [5.41, 5.74) is -1.02. The van der Waals surface area contributed by atoms with Crippen LogP contribution in [0.2, 0.25) is 0 Å². The zero-order valence-electron chi connectivity index (χ0n) is 5.81. The van der Waals surface area contributed by atoms with E-state index < -0.39 is 11.5 Å². The molecule has 0 unspecified atom stereocenters. The predicted octanol–water partition coefficient (Wildman–Crippen LogP) is -0.522. The van der Waals surface area contributed by atoms with Crippen LogP contribution in [0.3, 0.4) is 0 Å². The highest BCUT2D eigenvalue weighted by Crippen LogP contribution is 1.86. The third-order valence-corrected chi connectivity index (χ3v) is 1.15. The van der Waals surface area contributed by atoms with E-state index in [9.17, 15) is 9.59 Å². The van der Waals surface area contributed by atoms with E-state index in [1.807, 2.05) is 0 Å². The molecule has 0 amide bonds. The van der Waals surface area contributed by atoms with E-state index in [-0.39, 0.29) is 5.56 Å². The van der Waals surface area contributed by atoms with Crippen LogP contribution in [0.5, 0.6) is 0 Å². The maximum absolute atomic E-state index is 10.7. The Kier molecular flexibility index (Phi) is 1.72. The van der Waals surface area contributed by atoms with Gasteiger partial charge in [0, 0.05) is 13.2 Å². The third-order valence-electron chi connectivity index (χ3n) is 1.15. The second-order valence-corrected chi connectivity index (χ2v) is 2.06. The van der Waals surface area contributed by atoms with Crippen molar-refractivity contribution in [3.05, 3.63) is 28.4 Å². The summed E-state index contributed by atoms with van der Waals surface area (Å²) in [4.78, 5) is 24.4. The van der Waals surface area contributed by atoms with Crippen molar-refractivity contribution in [3.8, 4) is 0 Å². The van der Waals surface area contributed by atoms with Gasteiger partial charge in [-0.3, -0.25) is 4.79 Å². The average molecular weight is 154 g/mol. The number of aromatic carboxylic acids is 1. The van der Waals surface area contributed by atoms with Gasteiger partial charge >= 0.3 is 5.97 Å². The predicted molar refractivity (Wildman–Crippen MR) is 36.4 cm³/mol. The number of hydrogen-bond donors (Lipinski definition) is 1. The van der Waals surface area contributed by atoms with Gasteiger partial charge in [-0.1, -0.05) is 0 Å².